The van der Waals surface area contributed by atoms with Crippen molar-refractivity contribution in [2.24, 2.45) is 5.92 Å². The van der Waals surface area contributed by atoms with Crippen molar-refractivity contribution < 1.29 is 15.1 Å². The number of hydrogen-bond donors (Lipinski definition) is 2. The predicted octanol–water partition coefficient (Wildman–Crippen LogP) is 0.0779. The van der Waals surface area contributed by atoms with Gasteiger partial charge in [0.15, 0.2) is 0 Å². The summed E-state index contributed by atoms with van der Waals surface area (Å²) in [7, 11) is 0. The molecule has 0 amide bonds. The maximum Gasteiger partial charge on any atom is 0.247 e. The molecule has 13 heavy (non-hydrogen) atoms. The number of nitrogens with zero attached hydrogens (tertiary/aromatic N) is 1. The molecule has 0 fully saturated rings. The van der Waals surface area contributed by atoms with Gasteiger partial charge in [0.1, 0.15) is 0 Å². The fraction of sp³-hybridized carbons (Fsp3) is 0.500. The van der Waals surface area contributed by atoms with Gasteiger partial charge in [-0.3, -0.25) is 10.1 Å². The van der Waals surface area contributed by atoms with Gasteiger partial charge in [-0.25, -0.2) is 0 Å². The fourth-order valence-corrected chi connectivity index (χ4v) is 1.29. The van der Waals surface area contributed by atoms with Crippen molar-refractivity contribution in [3.63, 3.8) is 0 Å². The van der Waals surface area contributed by atoms with Crippen LogP contribution in [0.4, 0.5) is 0 Å². The summed E-state index contributed by atoms with van der Waals surface area (Å²) >= 11 is 0. The average molecular weight is 185 g/mol. The zero-order valence-electron chi connectivity index (χ0n) is 7.01. The van der Waals surface area contributed by atoms with Crippen LogP contribution in [0.2, 0.25) is 0 Å². The Balaban J connectivity index is 2.84. The molecular formula is C8H11NO4. The van der Waals surface area contributed by atoms with E-state index < -0.39 is 4.92 Å². The Kier molecular flexibility index (Phi) is 3.16. The third-order valence-electron chi connectivity index (χ3n) is 1.92. The molecule has 1 aliphatic rings. The summed E-state index contributed by atoms with van der Waals surface area (Å²) in [5.74, 6) is -0.243. The summed E-state index contributed by atoms with van der Waals surface area (Å²) in [6, 6.07) is 0. The van der Waals surface area contributed by atoms with Crippen LogP contribution < -0.4 is 0 Å². The first-order valence-corrected chi connectivity index (χ1v) is 3.94. The highest BCUT2D eigenvalue weighted by molar-refractivity contribution is 5.26. The molecule has 0 aromatic rings. The summed E-state index contributed by atoms with van der Waals surface area (Å²) in [6.45, 7) is -0.359. The quantitative estimate of drug-likeness (QED) is 0.481. The van der Waals surface area contributed by atoms with E-state index in [2.05, 4.69) is 0 Å². The van der Waals surface area contributed by atoms with Crippen molar-refractivity contribution in [2.45, 2.75) is 6.42 Å². The van der Waals surface area contributed by atoms with Gasteiger partial charge in [-0.2, -0.15) is 0 Å². The summed E-state index contributed by atoms with van der Waals surface area (Å²) in [6.07, 6.45) is 3.24. The highest BCUT2D eigenvalue weighted by Gasteiger charge is 2.21. The van der Waals surface area contributed by atoms with E-state index in [1.807, 2.05) is 0 Å². The van der Waals surface area contributed by atoms with Gasteiger partial charge >= 0.3 is 0 Å². The number of hydrogen-bond acceptors (Lipinski definition) is 4. The monoisotopic (exact) mass is 185 g/mol. The van der Waals surface area contributed by atoms with E-state index in [1.165, 1.54) is 6.08 Å². The van der Waals surface area contributed by atoms with Crippen LogP contribution in [0.1, 0.15) is 6.42 Å². The van der Waals surface area contributed by atoms with Crippen LogP contribution >= 0.6 is 0 Å². The van der Waals surface area contributed by atoms with Gasteiger partial charge in [-0.15, -0.1) is 0 Å². The van der Waals surface area contributed by atoms with E-state index in [9.17, 15) is 10.1 Å². The third kappa shape index (κ3) is 2.37. The van der Waals surface area contributed by atoms with Gasteiger partial charge in [0.05, 0.1) is 11.5 Å². The van der Waals surface area contributed by atoms with Gasteiger partial charge < -0.3 is 10.2 Å². The highest BCUT2D eigenvalue weighted by atomic mass is 16.6. The largest absolute Gasteiger partial charge is 0.396 e. The highest BCUT2D eigenvalue weighted by Crippen LogP contribution is 2.22. The molecule has 1 rings (SSSR count). The van der Waals surface area contributed by atoms with Crippen LogP contribution in [0.3, 0.4) is 0 Å². The standard InChI is InChI=1S/C8H11NO4/c10-4-6-1-7(5-11)3-8(2-6)9(12)13/h1-2,7,10-11H,3-5H2. The minimum absolute atomic E-state index is 0.0469. The number of nitro groups is 1. The lowest BCUT2D eigenvalue weighted by molar-refractivity contribution is -0.429. The molecule has 0 saturated carbocycles. The first-order chi connectivity index (χ1) is 6.17. The molecule has 0 aromatic heterocycles. The van der Waals surface area contributed by atoms with Gasteiger partial charge in [0, 0.05) is 25.0 Å². The number of rotatable bonds is 3. The van der Waals surface area contributed by atoms with Crippen molar-refractivity contribution in [3.05, 3.63) is 33.5 Å². The molecular weight excluding hydrogens is 174 g/mol. The van der Waals surface area contributed by atoms with Crippen molar-refractivity contribution in [2.75, 3.05) is 13.2 Å². The second-order valence-electron chi connectivity index (χ2n) is 2.94. The van der Waals surface area contributed by atoms with E-state index in [1.54, 1.807) is 6.08 Å². The lowest BCUT2D eigenvalue weighted by atomic mass is 9.95. The lowest BCUT2D eigenvalue weighted by Gasteiger charge is -2.13. The number of aliphatic hydroxyl groups excluding tert-OH is 2. The molecule has 5 nitrogen and oxygen atoms in total. The second-order valence-corrected chi connectivity index (χ2v) is 2.94. The van der Waals surface area contributed by atoms with E-state index in [0.29, 0.717) is 5.57 Å². The minimum Gasteiger partial charge on any atom is -0.396 e. The van der Waals surface area contributed by atoms with E-state index in [0.717, 1.165) is 0 Å². The Morgan fingerprint density at radius 3 is 2.77 bits per heavy atom. The molecule has 0 spiro atoms. The first kappa shape index (κ1) is 9.88. The van der Waals surface area contributed by atoms with Crippen LogP contribution in [0, 0.1) is 16.0 Å². The molecule has 0 aliphatic heterocycles. The first-order valence-electron chi connectivity index (χ1n) is 3.94. The second kappa shape index (κ2) is 4.15. The SMILES string of the molecule is O=[N+]([O-])C1=CC(CO)=CC(CO)C1. The smallest absolute Gasteiger partial charge is 0.247 e. The normalized spacial score (nSPS) is 22.2. The maximum absolute atomic E-state index is 10.4. The van der Waals surface area contributed by atoms with Crippen molar-refractivity contribution in [3.8, 4) is 0 Å². The molecule has 72 valence electrons. The van der Waals surface area contributed by atoms with Crippen LogP contribution in [0.5, 0.6) is 0 Å². The van der Waals surface area contributed by atoms with Crippen LogP contribution in [0.25, 0.3) is 0 Å². The fourth-order valence-electron chi connectivity index (χ4n) is 1.29. The molecule has 0 bridgehead atoms. The molecule has 1 aliphatic carbocycles. The van der Waals surface area contributed by atoms with Crippen molar-refractivity contribution >= 4 is 0 Å². The Hall–Kier alpha value is -1.20. The number of allylic oxidation sites excluding steroid dienone is 1. The van der Waals surface area contributed by atoms with Crippen LogP contribution in [-0.4, -0.2) is 28.4 Å². The van der Waals surface area contributed by atoms with E-state index in [4.69, 9.17) is 10.2 Å². The summed E-state index contributed by atoms with van der Waals surface area (Å²) in [5.41, 5.74) is 0.544. The Morgan fingerprint density at radius 1 is 1.62 bits per heavy atom. The molecule has 1 unspecified atom stereocenters. The average Bonchev–Trinajstić information content (AvgIpc) is 2.16. The van der Waals surface area contributed by atoms with E-state index >= 15 is 0 Å². The number of aliphatic hydroxyl groups is 2. The Morgan fingerprint density at radius 2 is 2.31 bits per heavy atom. The Labute approximate surface area is 75.2 Å². The summed E-state index contributed by atoms with van der Waals surface area (Å²) in [5, 5.41) is 28.0. The molecule has 0 aromatic carbocycles. The van der Waals surface area contributed by atoms with Crippen LogP contribution in [-0.2, 0) is 0 Å². The van der Waals surface area contributed by atoms with E-state index in [-0.39, 0.29) is 31.2 Å². The van der Waals surface area contributed by atoms with Gasteiger partial charge in [-0.05, 0) is 5.57 Å². The topological polar surface area (TPSA) is 83.6 Å². The Bertz CT molecular complexity index is 269. The molecule has 0 heterocycles. The summed E-state index contributed by atoms with van der Waals surface area (Å²) < 4.78 is 0. The van der Waals surface area contributed by atoms with Gasteiger partial charge in [0.2, 0.25) is 5.70 Å². The van der Waals surface area contributed by atoms with Crippen molar-refractivity contribution in [1.82, 2.24) is 0 Å². The lowest BCUT2D eigenvalue weighted by Crippen LogP contribution is -2.14. The molecule has 2 N–H and O–H groups in total. The molecule has 0 radical (unpaired) electrons. The minimum atomic E-state index is -0.481. The molecule has 1 atom stereocenters. The molecule has 5 heteroatoms. The maximum atomic E-state index is 10.4. The zero-order chi connectivity index (χ0) is 9.84. The van der Waals surface area contributed by atoms with Crippen molar-refractivity contribution in [1.29, 1.82) is 0 Å². The third-order valence-corrected chi connectivity index (χ3v) is 1.92. The zero-order valence-corrected chi connectivity index (χ0v) is 7.01. The van der Waals surface area contributed by atoms with Crippen LogP contribution in [0.15, 0.2) is 23.4 Å². The summed E-state index contributed by atoms with van der Waals surface area (Å²) in [4.78, 5) is 9.94. The predicted molar refractivity (Wildman–Crippen MR) is 45.4 cm³/mol. The molecule has 0 saturated heterocycles. The van der Waals surface area contributed by atoms with Gasteiger partial charge in [-0.1, -0.05) is 6.08 Å². The van der Waals surface area contributed by atoms with Gasteiger partial charge in [0.25, 0.3) is 0 Å².